The third kappa shape index (κ3) is 2.44. The van der Waals surface area contributed by atoms with Crippen LogP contribution in [0.2, 0.25) is 0 Å². The highest BCUT2D eigenvalue weighted by molar-refractivity contribution is 5.97. The summed E-state index contributed by atoms with van der Waals surface area (Å²) in [6.45, 7) is 0.190. The minimum absolute atomic E-state index is 0.190. The average Bonchev–Trinajstić information content (AvgIpc) is 3.32. The van der Waals surface area contributed by atoms with Crippen molar-refractivity contribution in [3.8, 4) is 11.6 Å². The number of aromatic nitrogens is 6. The monoisotopic (exact) mass is 309 g/mol. The maximum atomic E-state index is 12.3. The van der Waals surface area contributed by atoms with Gasteiger partial charge in [-0.1, -0.05) is 0 Å². The fourth-order valence-electron chi connectivity index (χ4n) is 2.15. The third-order valence-corrected chi connectivity index (χ3v) is 3.22. The van der Waals surface area contributed by atoms with Crippen molar-refractivity contribution in [2.24, 2.45) is 0 Å². The molecule has 0 aliphatic carbocycles. The lowest BCUT2D eigenvalue weighted by Gasteiger charge is -2.03. The molecular weight excluding hydrogens is 298 g/mol. The number of carbonyl (C=O) groups is 1. The van der Waals surface area contributed by atoms with Crippen LogP contribution in [0.25, 0.3) is 17.2 Å². The van der Waals surface area contributed by atoms with Crippen molar-refractivity contribution in [2.75, 3.05) is 0 Å². The molecule has 0 bridgehead atoms. The fourth-order valence-corrected chi connectivity index (χ4v) is 2.15. The quantitative estimate of drug-likeness (QED) is 0.582. The molecule has 4 aromatic heterocycles. The molecule has 114 valence electrons. The molecule has 9 heteroatoms. The topological polar surface area (TPSA) is 114 Å². The van der Waals surface area contributed by atoms with Crippen molar-refractivity contribution in [3.05, 3.63) is 54.7 Å². The largest absolute Gasteiger partial charge is 0.461 e. The van der Waals surface area contributed by atoms with Crippen LogP contribution < -0.4 is 5.32 Å². The fraction of sp³-hybridized carbons (Fsp3) is 0.0714. The van der Waals surface area contributed by atoms with Gasteiger partial charge in [-0.3, -0.25) is 9.89 Å². The van der Waals surface area contributed by atoms with Gasteiger partial charge in [0.2, 0.25) is 5.82 Å². The SMILES string of the molecule is O=C(NCc1nc(-c2ccco2)n[nH]1)c1nccn2ccnc12. The van der Waals surface area contributed by atoms with Gasteiger partial charge in [-0.15, -0.1) is 5.10 Å². The van der Waals surface area contributed by atoms with Crippen LogP contribution in [0.15, 0.2) is 47.6 Å². The second-order valence-corrected chi connectivity index (χ2v) is 4.70. The summed E-state index contributed by atoms with van der Waals surface area (Å²) in [5.41, 5.74) is 0.752. The van der Waals surface area contributed by atoms with E-state index >= 15 is 0 Å². The van der Waals surface area contributed by atoms with Crippen LogP contribution >= 0.6 is 0 Å². The molecule has 0 spiro atoms. The molecule has 0 atom stereocenters. The first kappa shape index (κ1) is 13.2. The zero-order valence-corrected chi connectivity index (χ0v) is 11.8. The molecule has 4 rings (SSSR count). The Bertz CT molecular complexity index is 955. The molecule has 23 heavy (non-hydrogen) atoms. The highest BCUT2D eigenvalue weighted by atomic mass is 16.3. The Morgan fingerprint density at radius 1 is 1.30 bits per heavy atom. The highest BCUT2D eigenvalue weighted by Gasteiger charge is 2.14. The lowest BCUT2D eigenvalue weighted by atomic mass is 10.4. The molecule has 0 aliphatic rings. The number of carbonyl (C=O) groups excluding carboxylic acids is 1. The number of nitrogens with one attached hydrogen (secondary N) is 2. The number of fused-ring (bicyclic) bond motifs is 1. The number of imidazole rings is 1. The number of aromatic amines is 1. The summed E-state index contributed by atoms with van der Waals surface area (Å²) >= 11 is 0. The van der Waals surface area contributed by atoms with Crippen molar-refractivity contribution in [1.82, 2.24) is 34.9 Å². The number of hydrogen-bond acceptors (Lipinski definition) is 6. The number of H-pyrrole nitrogens is 1. The van der Waals surface area contributed by atoms with E-state index in [1.807, 2.05) is 0 Å². The van der Waals surface area contributed by atoms with Crippen molar-refractivity contribution in [2.45, 2.75) is 6.54 Å². The molecule has 9 nitrogen and oxygen atoms in total. The summed E-state index contributed by atoms with van der Waals surface area (Å²) in [7, 11) is 0. The van der Waals surface area contributed by atoms with Crippen LogP contribution in [0.1, 0.15) is 16.3 Å². The van der Waals surface area contributed by atoms with Crippen molar-refractivity contribution >= 4 is 11.6 Å². The first-order valence-electron chi connectivity index (χ1n) is 6.82. The van der Waals surface area contributed by atoms with E-state index in [0.717, 1.165) is 0 Å². The lowest BCUT2D eigenvalue weighted by molar-refractivity contribution is 0.0946. The van der Waals surface area contributed by atoms with Crippen LogP contribution in [0.3, 0.4) is 0 Å². The van der Waals surface area contributed by atoms with Crippen LogP contribution in [-0.2, 0) is 6.54 Å². The normalized spacial score (nSPS) is 11.0. The van der Waals surface area contributed by atoms with E-state index in [1.54, 1.807) is 47.6 Å². The molecule has 0 aliphatic heterocycles. The van der Waals surface area contributed by atoms with Crippen LogP contribution in [0, 0.1) is 0 Å². The maximum absolute atomic E-state index is 12.3. The molecule has 0 fully saturated rings. The molecular formula is C14H11N7O2. The van der Waals surface area contributed by atoms with Gasteiger partial charge in [-0.25, -0.2) is 15.0 Å². The predicted molar refractivity (Wildman–Crippen MR) is 78.2 cm³/mol. The van der Waals surface area contributed by atoms with Gasteiger partial charge in [0.1, 0.15) is 5.82 Å². The number of amides is 1. The molecule has 4 aromatic rings. The molecule has 0 radical (unpaired) electrons. The zero-order chi connectivity index (χ0) is 15.6. The van der Waals surface area contributed by atoms with Crippen molar-refractivity contribution < 1.29 is 9.21 Å². The second-order valence-electron chi connectivity index (χ2n) is 4.70. The first-order valence-corrected chi connectivity index (χ1v) is 6.82. The molecule has 0 saturated carbocycles. The van der Waals surface area contributed by atoms with E-state index < -0.39 is 0 Å². The van der Waals surface area contributed by atoms with Crippen LogP contribution in [-0.4, -0.2) is 35.5 Å². The van der Waals surface area contributed by atoms with E-state index in [2.05, 4.69) is 30.5 Å². The van der Waals surface area contributed by atoms with E-state index in [9.17, 15) is 4.79 Å². The summed E-state index contributed by atoms with van der Waals surface area (Å²) in [4.78, 5) is 24.7. The third-order valence-electron chi connectivity index (χ3n) is 3.22. The number of furan rings is 1. The van der Waals surface area contributed by atoms with Gasteiger partial charge >= 0.3 is 0 Å². The zero-order valence-electron chi connectivity index (χ0n) is 11.8. The standard InChI is InChI=1S/C14H11N7O2/c22-14(11-13-16-4-6-21(13)5-3-15-11)17-8-10-18-12(20-19-10)9-2-1-7-23-9/h1-7H,8H2,(H,17,22)(H,18,19,20). The maximum Gasteiger partial charge on any atom is 0.274 e. The van der Waals surface area contributed by atoms with E-state index in [0.29, 0.717) is 23.1 Å². The van der Waals surface area contributed by atoms with Crippen molar-refractivity contribution in [1.29, 1.82) is 0 Å². The second kappa shape index (κ2) is 5.37. The molecule has 1 amide bonds. The van der Waals surface area contributed by atoms with E-state index in [4.69, 9.17) is 4.42 Å². The Labute approximate surface area is 129 Å². The van der Waals surface area contributed by atoms with Crippen LogP contribution in [0.4, 0.5) is 0 Å². The first-order chi connectivity index (χ1) is 11.3. The molecule has 0 saturated heterocycles. The Morgan fingerprint density at radius 2 is 2.17 bits per heavy atom. The summed E-state index contributed by atoms with van der Waals surface area (Å²) < 4.78 is 6.94. The van der Waals surface area contributed by atoms with Crippen molar-refractivity contribution in [3.63, 3.8) is 0 Å². The van der Waals surface area contributed by atoms with E-state index in [1.165, 1.54) is 0 Å². The minimum Gasteiger partial charge on any atom is -0.461 e. The molecule has 0 unspecified atom stereocenters. The Hall–Kier alpha value is -3.49. The molecule has 2 N–H and O–H groups in total. The average molecular weight is 309 g/mol. The van der Waals surface area contributed by atoms with Gasteiger partial charge in [-0.05, 0) is 12.1 Å². The number of rotatable bonds is 4. The summed E-state index contributed by atoms with van der Waals surface area (Å²) in [5, 5.41) is 9.53. The Kier molecular flexibility index (Phi) is 3.08. The predicted octanol–water partition coefficient (Wildman–Crippen LogP) is 1.04. The highest BCUT2D eigenvalue weighted by Crippen LogP contribution is 2.14. The van der Waals surface area contributed by atoms with E-state index in [-0.39, 0.29) is 18.1 Å². The minimum atomic E-state index is -0.335. The van der Waals surface area contributed by atoms with Crippen LogP contribution in [0.5, 0.6) is 0 Å². The van der Waals surface area contributed by atoms with Gasteiger partial charge in [-0.2, -0.15) is 0 Å². The smallest absolute Gasteiger partial charge is 0.274 e. The van der Waals surface area contributed by atoms with Gasteiger partial charge in [0, 0.05) is 24.8 Å². The molecule has 0 aromatic carbocycles. The summed E-state index contributed by atoms with van der Waals surface area (Å²) in [6.07, 6.45) is 8.18. The summed E-state index contributed by atoms with van der Waals surface area (Å²) in [5.74, 6) is 1.17. The van der Waals surface area contributed by atoms with Gasteiger partial charge < -0.3 is 14.1 Å². The lowest BCUT2D eigenvalue weighted by Crippen LogP contribution is -2.25. The Morgan fingerprint density at radius 3 is 3.00 bits per heavy atom. The summed E-state index contributed by atoms with van der Waals surface area (Å²) in [6, 6.07) is 3.51. The van der Waals surface area contributed by atoms with Gasteiger partial charge in [0.15, 0.2) is 17.1 Å². The molecule has 4 heterocycles. The Balaban J connectivity index is 1.49. The number of nitrogens with zero attached hydrogens (tertiary/aromatic N) is 5. The van der Waals surface area contributed by atoms with Gasteiger partial charge in [0.25, 0.3) is 5.91 Å². The van der Waals surface area contributed by atoms with Gasteiger partial charge in [0.05, 0.1) is 12.8 Å². The number of hydrogen-bond donors (Lipinski definition) is 2.